The van der Waals surface area contributed by atoms with E-state index in [1.165, 1.54) is 0 Å². The van der Waals surface area contributed by atoms with Gasteiger partial charge in [-0.25, -0.2) is 9.98 Å². The summed E-state index contributed by atoms with van der Waals surface area (Å²) in [7, 11) is -3.42. The average Bonchev–Trinajstić information content (AvgIpc) is 3.47. The Morgan fingerprint density at radius 3 is 1.97 bits per heavy atom. The molecular weight excluding hydrogens is 434 g/mol. The number of ether oxygens (including phenoxy) is 2. The maximum atomic E-state index is 10.8. The smallest absolute Gasteiger partial charge is 0.264 e. The highest BCUT2D eigenvalue weighted by Gasteiger charge is 2.21. The molecule has 0 spiro atoms. The lowest BCUT2D eigenvalue weighted by Gasteiger charge is -2.03. The normalized spacial score (nSPS) is 19.4. The first-order valence-corrected chi connectivity index (χ1v) is 11.6. The summed E-state index contributed by atoms with van der Waals surface area (Å²) in [5.41, 5.74) is 10.0. The van der Waals surface area contributed by atoms with Crippen LogP contribution in [0.4, 0.5) is 0 Å². The SMILES string of the molecule is CS(=O)(=O)OCC1COC(c2ccccc2)=N1.[N-]=[N+]=NCC1COC(c2ccccc2)=N1. The molecule has 2 aliphatic heterocycles. The van der Waals surface area contributed by atoms with Gasteiger partial charge in [0, 0.05) is 16.0 Å². The first-order chi connectivity index (χ1) is 15.4. The zero-order valence-corrected chi connectivity index (χ0v) is 18.3. The van der Waals surface area contributed by atoms with E-state index in [0.717, 1.165) is 17.4 Å². The molecular formula is C21H23N5O5S. The molecule has 11 heteroatoms. The van der Waals surface area contributed by atoms with Crippen molar-refractivity contribution in [1.82, 2.24) is 0 Å². The Kier molecular flexibility index (Phi) is 8.20. The zero-order chi connectivity index (χ0) is 22.8. The summed E-state index contributed by atoms with van der Waals surface area (Å²) >= 11 is 0. The monoisotopic (exact) mass is 457 g/mol. The lowest BCUT2D eigenvalue weighted by molar-refractivity contribution is 0.248. The molecule has 0 saturated heterocycles. The molecule has 0 fully saturated rings. The largest absolute Gasteiger partial charge is 0.475 e. The zero-order valence-electron chi connectivity index (χ0n) is 17.4. The Labute approximate surface area is 186 Å². The minimum absolute atomic E-state index is 0.0230. The Hall–Kier alpha value is -3.40. The Morgan fingerprint density at radius 2 is 1.47 bits per heavy atom. The third kappa shape index (κ3) is 7.38. The van der Waals surface area contributed by atoms with Crippen LogP contribution in [0, 0.1) is 0 Å². The predicted molar refractivity (Wildman–Crippen MR) is 120 cm³/mol. The first kappa shape index (κ1) is 23.3. The van der Waals surface area contributed by atoms with E-state index in [1.54, 1.807) is 0 Å². The highest BCUT2D eigenvalue weighted by Crippen LogP contribution is 2.13. The van der Waals surface area contributed by atoms with Crippen LogP contribution in [-0.2, 0) is 23.8 Å². The van der Waals surface area contributed by atoms with Crippen molar-refractivity contribution < 1.29 is 22.1 Å². The molecule has 4 rings (SSSR count). The van der Waals surface area contributed by atoms with E-state index < -0.39 is 10.1 Å². The number of benzene rings is 2. The van der Waals surface area contributed by atoms with Crippen molar-refractivity contribution >= 4 is 21.9 Å². The van der Waals surface area contributed by atoms with Crippen LogP contribution in [0.5, 0.6) is 0 Å². The minimum Gasteiger partial charge on any atom is -0.475 e. The van der Waals surface area contributed by atoms with Crippen molar-refractivity contribution in [3.05, 3.63) is 82.2 Å². The molecule has 2 heterocycles. The maximum absolute atomic E-state index is 10.8. The minimum atomic E-state index is -3.42. The van der Waals surface area contributed by atoms with E-state index >= 15 is 0 Å². The molecule has 0 aliphatic carbocycles. The van der Waals surface area contributed by atoms with Gasteiger partial charge in [0.2, 0.25) is 11.8 Å². The molecule has 168 valence electrons. The van der Waals surface area contributed by atoms with Crippen molar-refractivity contribution in [1.29, 1.82) is 0 Å². The second-order valence-corrected chi connectivity index (χ2v) is 8.58. The topological polar surface area (TPSA) is 135 Å². The van der Waals surface area contributed by atoms with Crippen molar-refractivity contribution in [3.8, 4) is 0 Å². The van der Waals surface area contributed by atoms with E-state index in [9.17, 15) is 8.42 Å². The summed E-state index contributed by atoms with van der Waals surface area (Å²) in [5.74, 6) is 1.17. The van der Waals surface area contributed by atoms with Crippen LogP contribution in [0.15, 0.2) is 75.8 Å². The predicted octanol–water partition coefficient (Wildman–Crippen LogP) is 2.95. The first-order valence-electron chi connectivity index (χ1n) is 9.82. The second kappa shape index (κ2) is 11.3. The molecule has 0 saturated carbocycles. The van der Waals surface area contributed by atoms with Gasteiger partial charge in [0.05, 0.1) is 25.4 Å². The van der Waals surface area contributed by atoms with Gasteiger partial charge in [-0.1, -0.05) is 41.5 Å². The fraction of sp³-hybridized carbons (Fsp3) is 0.333. The van der Waals surface area contributed by atoms with Gasteiger partial charge in [0.25, 0.3) is 10.1 Å². The number of hydrogen-bond acceptors (Lipinski definition) is 8. The van der Waals surface area contributed by atoms with Gasteiger partial charge in [-0.3, -0.25) is 4.18 Å². The number of aliphatic imine (C=N–C) groups is 2. The van der Waals surface area contributed by atoms with E-state index in [4.69, 9.17) is 15.0 Å². The number of rotatable bonds is 7. The van der Waals surface area contributed by atoms with Gasteiger partial charge < -0.3 is 9.47 Å². The van der Waals surface area contributed by atoms with Crippen LogP contribution < -0.4 is 0 Å². The van der Waals surface area contributed by atoms with Crippen LogP contribution in [0.2, 0.25) is 0 Å². The second-order valence-electron chi connectivity index (χ2n) is 6.93. The quantitative estimate of drug-likeness (QED) is 0.273. The Bertz CT molecular complexity index is 1100. The third-order valence-electron chi connectivity index (χ3n) is 4.30. The van der Waals surface area contributed by atoms with Crippen LogP contribution in [0.1, 0.15) is 11.1 Å². The van der Waals surface area contributed by atoms with Crippen LogP contribution >= 0.6 is 0 Å². The lowest BCUT2D eigenvalue weighted by atomic mass is 10.2. The average molecular weight is 458 g/mol. The molecule has 0 amide bonds. The van der Waals surface area contributed by atoms with Crippen molar-refractivity contribution in [2.24, 2.45) is 15.1 Å². The molecule has 0 N–H and O–H groups in total. The van der Waals surface area contributed by atoms with Gasteiger partial charge >= 0.3 is 0 Å². The number of hydrogen-bond donors (Lipinski definition) is 0. The van der Waals surface area contributed by atoms with Gasteiger partial charge in [-0.15, -0.1) is 0 Å². The van der Waals surface area contributed by atoms with Gasteiger partial charge in [0.15, 0.2) is 0 Å². The van der Waals surface area contributed by atoms with Crippen LogP contribution in [-0.4, -0.2) is 64.9 Å². The summed E-state index contributed by atoms with van der Waals surface area (Å²) in [6.07, 6.45) is 1.02. The molecule has 2 unspecified atom stereocenters. The standard InChI is InChI=1S/C11H13NO4S.C10H10N4O/c1-17(13,14)16-8-10-7-15-11(12-10)9-5-3-2-4-6-9;11-14-12-6-9-7-15-10(13-9)8-4-2-1-3-5-8/h2-6,10H,7-8H2,1H3;1-5,9H,6-7H2. The van der Waals surface area contributed by atoms with E-state index in [-0.39, 0.29) is 18.7 Å². The highest BCUT2D eigenvalue weighted by atomic mass is 32.2. The Morgan fingerprint density at radius 1 is 0.969 bits per heavy atom. The molecule has 0 aromatic heterocycles. The van der Waals surface area contributed by atoms with Crippen molar-refractivity contribution in [2.75, 3.05) is 32.6 Å². The summed E-state index contributed by atoms with van der Waals surface area (Å²) < 4.78 is 37.1. The molecule has 0 radical (unpaired) electrons. The molecule has 10 nitrogen and oxygen atoms in total. The summed E-state index contributed by atoms with van der Waals surface area (Å²) in [6, 6.07) is 18.8. The lowest BCUT2D eigenvalue weighted by Crippen LogP contribution is -2.17. The fourth-order valence-corrected chi connectivity index (χ4v) is 3.22. The maximum Gasteiger partial charge on any atom is 0.264 e. The molecule has 2 aromatic rings. The van der Waals surface area contributed by atoms with E-state index in [1.807, 2.05) is 60.7 Å². The number of azide groups is 1. The third-order valence-corrected chi connectivity index (χ3v) is 4.86. The molecule has 32 heavy (non-hydrogen) atoms. The van der Waals surface area contributed by atoms with Crippen LogP contribution in [0.3, 0.4) is 0 Å². The molecule has 2 atom stereocenters. The van der Waals surface area contributed by atoms with Gasteiger partial charge in [-0.05, 0) is 29.8 Å². The van der Waals surface area contributed by atoms with Crippen molar-refractivity contribution in [3.63, 3.8) is 0 Å². The van der Waals surface area contributed by atoms with E-state index in [0.29, 0.717) is 31.6 Å². The molecule has 0 bridgehead atoms. The van der Waals surface area contributed by atoms with Crippen molar-refractivity contribution in [2.45, 2.75) is 12.1 Å². The fourth-order valence-electron chi connectivity index (χ4n) is 2.82. The summed E-state index contributed by atoms with van der Waals surface area (Å²) in [4.78, 5) is 11.3. The Balaban J connectivity index is 0.000000182. The molecule has 2 aromatic carbocycles. The highest BCUT2D eigenvalue weighted by molar-refractivity contribution is 7.85. The van der Waals surface area contributed by atoms with Gasteiger partial charge in [-0.2, -0.15) is 8.42 Å². The van der Waals surface area contributed by atoms with Gasteiger partial charge in [0.1, 0.15) is 19.3 Å². The molecule has 2 aliphatic rings. The summed E-state index contributed by atoms with van der Waals surface area (Å²) in [5, 5.41) is 3.48. The van der Waals surface area contributed by atoms with E-state index in [2.05, 4.69) is 24.2 Å². The summed E-state index contributed by atoms with van der Waals surface area (Å²) in [6.45, 7) is 1.21. The number of nitrogens with zero attached hydrogens (tertiary/aromatic N) is 5. The van der Waals surface area contributed by atoms with Crippen LogP contribution in [0.25, 0.3) is 10.4 Å².